The second kappa shape index (κ2) is 8.08. The number of imide groups is 1. The highest BCUT2D eigenvalue weighted by atomic mass is 16.5. The van der Waals surface area contributed by atoms with Crippen LogP contribution in [0.1, 0.15) is 32.7 Å². The predicted octanol–water partition coefficient (Wildman–Crippen LogP) is 1.85. The van der Waals surface area contributed by atoms with Gasteiger partial charge in [0, 0.05) is 25.0 Å². The fourth-order valence-corrected chi connectivity index (χ4v) is 3.84. The number of hydrogen-bond donors (Lipinski definition) is 1. The summed E-state index contributed by atoms with van der Waals surface area (Å²) in [4.78, 5) is 52.3. The maximum atomic E-state index is 12.5. The zero-order valence-corrected chi connectivity index (χ0v) is 16.5. The molecule has 2 aliphatic rings. The van der Waals surface area contributed by atoms with E-state index in [4.69, 9.17) is 4.74 Å². The molecule has 4 amide bonds. The lowest BCUT2D eigenvalue weighted by Gasteiger charge is -2.30. The predicted molar refractivity (Wildman–Crippen MR) is 109 cm³/mol. The van der Waals surface area contributed by atoms with Crippen molar-refractivity contribution in [3.05, 3.63) is 59.2 Å². The fraction of sp³-hybridized carbons (Fsp3) is 0.273. The van der Waals surface area contributed by atoms with Crippen molar-refractivity contribution < 1.29 is 23.9 Å². The monoisotopic (exact) mass is 407 g/mol. The Hall–Kier alpha value is -3.52. The number of methoxy groups -OCH3 is 1. The van der Waals surface area contributed by atoms with Gasteiger partial charge in [0.05, 0.1) is 11.1 Å². The third kappa shape index (κ3) is 3.57. The van der Waals surface area contributed by atoms with Crippen molar-refractivity contribution >= 4 is 35.0 Å². The summed E-state index contributed by atoms with van der Waals surface area (Å²) in [6, 6.07) is 11.9. The van der Waals surface area contributed by atoms with E-state index in [0.717, 1.165) is 29.0 Å². The Morgan fingerprint density at radius 1 is 1.07 bits per heavy atom. The molecule has 0 unspecified atom stereocenters. The van der Waals surface area contributed by atoms with Crippen LogP contribution >= 0.6 is 0 Å². The first-order valence-electron chi connectivity index (χ1n) is 9.67. The van der Waals surface area contributed by atoms with Gasteiger partial charge in [-0.05, 0) is 42.7 Å². The van der Waals surface area contributed by atoms with Crippen molar-refractivity contribution in [3.63, 3.8) is 0 Å². The van der Waals surface area contributed by atoms with Gasteiger partial charge in [-0.25, -0.2) is 0 Å². The number of aryl methyl sites for hydroxylation is 1. The maximum absolute atomic E-state index is 12.5. The number of nitrogens with zero attached hydrogens (tertiary/aromatic N) is 2. The molecule has 154 valence electrons. The Kier molecular flexibility index (Phi) is 5.33. The zero-order valence-electron chi connectivity index (χ0n) is 16.5. The molecule has 0 aliphatic carbocycles. The number of hydrogen-bond acceptors (Lipinski definition) is 5. The number of amides is 4. The van der Waals surface area contributed by atoms with Crippen molar-refractivity contribution in [2.24, 2.45) is 0 Å². The third-order valence-corrected chi connectivity index (χ3v) is 5.24. The number of ether oxygens (including phenoxy) is 1. The molecule has 0 aromatic heterocycles. The minimum absolute atomic E-state index is 0.0181. The largest absolute Gasteiger partial charge is 0.375 e. The molecular weight excluding hydrogens is 386 g/mol. The highest BCUT2D eigenvalue weighted by molar-refractivity contribution is 6.22. The molecule has 0 saturated heterocycles. The molecule has 2 aliphatic heterocycles. The highest BCUT2D eigenvalue weighted by Gasteiger charge is 2.36. The average Bonchev–Trinajstić information content (AvgIpc) is 2.98. The van der Waals surface area contributed by atoms with E-state index in [1.54, 1.807) is 41.3 Å². The summed E-state index contributed by atoms with van der Waals surface area (Å²) in [5, 5.41) is 2.72. The molecule has 0 atom stereocenters. The van der Waals surface area contributed by atoms with Crippen LogP contribution in [0.2, 0.25) is 0 Å². The summed E-state index contributed by atoms with van der Waals surface area (Å²) >= 11 is 0. The van der Waals surface area contributed by atoms with Gasteiger partial charge in [0.25, 0.3) is 17.7 Å². The number of benzene rings is 2. The Morgan fingerprint density at radius 3 is 2.43 bits per heavy atom. The second-order valence-corrected chi connectivity index (χ2v) is 7.22. The van der Waals surface area contributed by atoms with Crippen LogP contribution in [0.4, 0.5) is 11.4 Å². The van der Waals surface area contributed by atoms with E-state index in [0.29, 0.717) is 23.4 Å². The maximum Gasteiger partial charge on any atom is 0.262 e. The lowest BCUT2D eigenvalue weighted by Crippen LogP contribution is -2.38. The lowest BCUT2D eigenvalue weighted by atomic mass is 10.0. The zero-order chi connectivity index (χ0) is 21.3. The second-order valence-electron chi connectivity index (χ2n) is 7.22. The first-order chi connectivity index (χ1) is 14.5. The molecule has 0 saturated carbocycles. The average molecular weight is 407 g/mol. The van der Waals surface area contributed by atoms with E-state index in [1.807, 2.05) is 6.07 Å². The summed E-state index contributed by atoms with van der Waals surface area (Å²) in [6.07, 6.45) is 1.70. The molecule has 2 aromatic carbocycles. The number of fused-ring (bicyclic) bond motifs is 2. The number of anilines is 2. The van der Waals surface area contributed by atoms with E-state index >= 15 is 0 Å². The van der Waals surface area contributed by atoms with Gasteiger partial charge in [0.1, 0.15) is 13.2 Å². The van der Waals surface area contributed by atoms with Crippen molar-refractivity contribution in [2.75, 3.05) is 37.0 Å². The lowest BCUT2D eigenvalue weighted by molar-refractivity contribution is -0.122. The molecule has 8 heteroatoms. The first kappa shape index (κ1) is 19.8. The summed E-state index contributed by atoms with van der Waals surface area (Å²) in [6.45, 7) is 0.188. The molecule has 4 rings (SSSR count). The van der Waals surface area contributed by atoms with Gasteiger partial charge in [0.15, 0.2) is 0 Å². The van der Waals surface area contributed by atoms with Crippen molar-refractivity contribution in [1.82, 2.24) is 4.90 Å². The molecule has 0 bridgehead atoms. The van der Waals surface area contributed by atoms with Gasteiger partial charge < -0.3 is 15.0 Å². The van der Waals surface area contributed by atoms with Crippen LogP contribution < -0.4 is 10.2 Å². The minimum Gasteiger partial charge on any atom is -0.375 e. The van der Waals surface area contributed by atoms with Gasteiger partial charge >= 0.3 is 0 Å². The summed E-state index contributed by atoms with van der Waals surface area (Å²) in [5.41, 5.74) is 2.85. The quantitative estimate of drug-likeness (QED) is 0.763. The normalized spacial score (nSPS) is 15.1. The molecule has 8 nitrogen and oxygen atoms in total. The van der Waals surface area contributed by atoms with Crippen LogP contribution in [0.25, 0.3) is 0 Å². The van der Waals surface area contributed by atoms with Crippen LogP contribution in [0.5, 0.6) is 0 Å². The molecule has 0 radical (unpaired) electrons. The Labute approximate surface area is 173 Å². The Balaban J connectivity index is 1.48. The molecule has 1 N–H and O–H groups in total. The molecular formula is C22H21N3O5. The van der Waals surface area contributed by atoms with Crippen LogP contribution in [0.3, 0.4) is 0 Å². The third-order valence-electron chi connectivity index (χ3n) is 5.24. The van der Waals surface area contributed by atoms with Crippen molar-refractivity contribution in [1.29, 1.82) is 0 Å². The molecule has 2 aromatic rings. The summed E-state index contributed by atoms with van der Waals surface area (Å²) < 4.78 is 4.96. The van der Waals surface area contributed by atoms with E-state index in [1.165, 1.54) is 7.11 Å². The van der Waals surface area contributed by atoms with E-state index in [2.05, 4.69) is 5.32 Å². The van der Waals surface area contributed by atoms with Gasteiger partial charge in [-0.15, -0.1) is 0 Å². The Bertz CT molecular complexity index is 1010. The summed E-state index contributed by atoms with van der Waals surface area (Å²) in [5.74, 6) is -1.59. The molecule has 2 heterocycles. The highest BCUT2D eigenvalue weighted by Crippen LogP contribution is 2.30. The number of rotatable bonds is 5. The SMILES string of the molecule is COCC(=O)N1CCCc2ccc(NC(=O)CN3C(=O)c4ccccc4C3=O)cc21. The van der Waals surface area contributed by atoms with Crippen molar-refractivity contribution in [3.8, 4) is 0 Å². The van der Waals surface area contributed by atoms with Crippen molar-refractivity contribution in [2.45, 2.75) is 12.8 Å². The smallest absolute Gasteiger partial charge is 0.262 e. The minimum atomic E-state index is -0.491. The number of nitrogens with one attached hydrogen (secondary N) is 1. The number of carbonyl (C=O) groups excluding carboxylic acids is 4. The van der Waals surface area contributed by atoms with Gasteiger partial charge in [-0.3, -0.25) is 24.1 Å². The first-order valence-corrected chi connectivity index (χ1v) is 9.67. The molecule has 30 heavy (non-hydrogen) atoms. The molecule has 0 spiro atoms. The fourth-order valence-electron chi connectivity index (χ4n) is 3.84. The van der Waals surface area contributed by atoms with Crippen LogP contribution in [0.15, 0.2) is 42.5 Å². The molecule has 0 fully saturated rings. The van der Waals surface area contributed by atoms with E-state index in [9.17, 15) is 19.2 Å². The standard InChI is InChI=1S/C22H21N3O5/c1-30-13-20(27)24-10-4-5-14-8-9-15(11-18(14)24)23-19(26)12-25-21(28)16-6-2-3-7-17(16)22(25)29/h2-3,6-9,11H,4-5,10,12-13H2,1H3,(H,23,26). The summed E-state index contributed by atoms with van der Waals surface area (Å²) in [7, 11) is 1.47. The van der Waals surface area contributed by atoms with Crippen LogP contribution in [-0.4, -0.2) is 55.3 Å². The van der Waals surface area contributed by atoms with E-state index < -0.39 is 17.7 Å². The topological polar surface area (TPSA) is 96.0 Å². The van der Waals surface area contributed by atoms with E-state index in [-0.39, 0.29) is 19.1 Å². The van der Waals surface area contributed by atoms with Gasteiger partial charge in [0.2, 0.25) is 5.91 Å². The number of carbonyl (C=O) groups is 4. The Morgan fingerprint density at radius 2 is 1.77 bits per heavy atom. The van der Waals surface area contributed by atoms with Gasteiger partial charge in [-0.2, -0.15) is 0 Å². The van der Waals surface area contributed by atoms with Crippen LogP contribution in [-0.2, 0) is 20.7 Å². The van der Waals surface area contributed by atoms with Crippen LogP contribution in [0, 0.1) is 0 Å². The van der Waals surface area contributed by atoms with Gasteiger partial charge in [-0.1, -0.05) is 18.2 Å².